The van der Waals surface area contributed by atoms with Crippen molar-refractivity contribution < 1.29 is 19.8 Å². The number of rotatable bonds is 5. The van der Waals surface area contributed by atoms with Crippen LogP contribution >= 0.6 is 0 Å². The van der Waals surface area contributed by atoms with Gasteiger partial charge in [-0.25, -0.2) is 10.1 Å². The molecule has 82 valence electrons. The first-order valence-corrected chi connectivity index (χ1v) is 4.35. The maximum atomic E-state index is 10.5. The minimum Gasteiger partial charge on any atom is -0.346 e. The van der Waals surface area contributed by atoms with E-state index in [9.17, 15) is 10.1 Å². The number of nitro benzene ring substituents is 1. The van der Waals surface area contributed by atoms with E-state index in [1.165, 1.54) is 18.2 Å². The molecule has 0 bridgehead atoms. The van der Waals surface area contributed by atoms with Gasteiger partial charge in [0.25, 0.3) is 5.69 Å². The molecule has 6 heteroatoms. The highest BCUT2D eigenvalue weighted by Gasteiger charge is 2.15. The lowest BCUT2D eigenvalue weighted by Crippen LogP contribution is -2.06. The van der Waals surface area contributed by atoms with E-state index in [4.69, 9.17) is 9.99 Å². The second-order valence-corrected chi connectivity index (χ2v) is 2.74. The fourth-order valence-corrected chi connectivity index (χ4v) is 1.12. The highest BCUT2D eigenvalue weighted by atomic mass is 17.1. The average molecular weight is 213 g/mol. The van der Waals surface area contributed by atoms with E-state index in [-0.39, 0.29) is 5.69 Å². The zero-order chi connectivity index (χ0) is 11.3. The maximum Gasteiger partial charge on any atom is 0.269 e. The van der Waals surface area contributed by atoms with Crippen molar-refractivity contribution in [3.05, 3.63) is 39.9 Å². The smallest absolute Gasteiger partial charge is 0.269 e. The maximum absolute atomic E-state index is 10.5. The summed E-state index contributed by atoms with van der Waals surface area (Å²) in [4.78, 5) is 14.0. The summed E-state index contributed by atoms with van der Waals surface area (Å²) in [5.74, 6) is 0. The van der Waals surface area contributed by atoms with Crippen molar-refractivity contribution >= 4 is 5.69 Å². The Morgan fingerprint density at radius 2 is 2.33 bits per heavy atom. The van der Waals surface area contributed by atoms with Crippen molar-refractivity contribution in [3.63, 3.8) is 0 Å². The minimum absolute atomic E-state index is 0.0748. The van der Waals surface area contributed by atoms with E-state index >= 15 is 0 Å². The van der Waals surface area contributed by atoms with E-state index in [2.05, 4.69) is 4.89 Å². The summed E-state index contributed by atoms with van der Waals surface area (Å²) >= 11 is 0. The Bertz CT molecular complexity index is 341. The van der Waals surface area contributed by atoms with Gasteiger partial charge >= 0.3 is 0 Å². The predicted molar refractivity (Wildman–Crippen MR) is 51.2 cm³/mol. The van der Waals surface area contributed by atoms with Gasteiger partial charge in [-0.05, 0) is 6.92 Å². The van der Waals surface area contributed by atoms with E-state index in [0.29, 0.717) is 12.2 Å². The predicted octanol–water partition coefficient (Wildman–Crippen LogP) is 2.12. The molecule has 0 fully saturated rings. The van der Waals surface area contributed by atoms with Gasteiger partial charge in [-0.15, -0.1) is 0 Å². The fraction of sp³-hybridized carbons (Fsp3) is 0.333. The third-order valence-electron chi connectivity index (χ3n) is 1.77. The number of non-ortho nitro benzene ring substituents is 1. The van der Waals surface area contributed by atoms with Crippen LogP contribution in [0.5, 0.6) is 0 Å². The average Bonchev–Trinajstić information content (AvgIpc) is 2.26. The molecule has 0 aliphatic heterocycles. The Morgan fingerprint density at radius 1 is 1.60 bits per heavy atom. The zero-order valence-electron chi connectivity index (χ0n) is 8.12. The van der Waals surface area contributed by atoms with Gasteiger partial charge in [0.05, 0.1) is 4.92 Å². The summed E-state index contributed by atoms with van der Waals surface area (Å²) in [7, 11) is 0. The van der Waals surface area contributed by atoms with Crippen LogP contribution in [0.15, 0.2) is 24.3 Å². The van der Waals surface area contributed by atoms with E-state index in [1.807, 2.05) is 0 Å². The topological polar surface area (TPSA) is 81.8 Å². The second-order valence-electron chi connectivity index (χ2n) is 2.74. The Labute approximate surface area is 86.1 Å². The van der Waals surface area contributed by atoms with Crippen LogP contribution in [0.3, 0.4) is 0 Å². The quantitative estimate of drug-likeness (QED) is 0.350. The Kier molecular flexibility index (Phi) is 4.17. The molecule has 1 aromatic rings. The Hall–Kier alpha value is -1.50. The first-order valence-electron chi connectivity index (χ1n) is 4.35. The van der Waals surface area contributed by atoms with Gasteiger partial charge in [-0.1, -0.05) is 12.1 Å². The van der Waals surface area contributed by atoms with Gasteiger partial charge in [0.1, 0.15) is 0 Å². The molecule has 1 N–H and O–H groups in total. The lowest BCUT2D eigenvalue weighted by molar-refractivity contribution is -0.385. The largest absolute Gasteiger partial charge is 0.346 e. The molecule has 1 atom stereocenters. The molecule has 0 radical (unpaired) electrons. The highest BCUT2D eigenvalue weighted by molar-refractivity contribution is 5.34. The third kappa shape index (κ3) is 2.98. The van der Waals surface area contributed by atoms with Gasteiger partial charge in [0, 0.05) is 24.3 Å². The number of hydrogen-bond donors (Lipinski definition) is 1. The highest BCUT2D eigenvalue weighted by Crippen LogP contribution is 2.22. The van der Waals surface area contributed by atoms with Gasteiger partial charge in [0.15, 0.2) is 0 Å². The molecule has 15 heavy (non-hydrogen) atoms. The first-order chi connectivity index (χ1) is 7.19. The van der Waals surface area contributed by atoms with Gasteiger partial charge in [-0.3, -0.25) is 10.1 Å². The summed E-state index contributed by atoms with van der Waals surface area (Å²) in [5, 5.41) is 19.0. The summed E-state index contributed by atoms with van der Waals surface area (Å²) in [6.45, 7) is 2.05. The van der Waals surface area contributed by atoms with Gasteiger partial charge in [0.2, 0.25) is 6.29 Å². The molecule has 0 spiro atoms. The fourth-order valence-electron chi connectivity index (χ4n) is 1.12. The Balaban J connectivity index is 2.92. The van der Waals surface area contributed by atoms with Crippen molar-refractivity contribution in [1.82, 2.24) is 0 Å². The van der Waals surface area contributed by atoms with Crippen molar-refractivity contribution in [2.24, 2.45) is 0 Å². The number of benzene rings is 1. The third-order valence-corrected chi connectivity index (χ3v) is 1.77. The first kappa shape index (κ1) is 11.6. The molecule has 0 aromatic heterocycles. The summed E-state index contributed by atoms with van der Waals surface area (Å²) in [6, 6.07) is 5.71. The summed E-state index contributed by atoms with van der Waals surface area (Å²) in [6.07, 6.45) is -0.991. The van der Waals surface area contributed by atoms with Crippen molar-refractivity contribution in [1.29, 1.82) is 0 Å². The molecule has 1 unspecified atom stereocenters. The van der Waals surface area contributed by atoms with Crippen LogP contribution in [-0.2, 0) is 9.62 Å². The van der Waals surface area contributed by atoms with Crippen LogP contribution in [0, 0.1) is 10.1 Å². The monoisotopic (exact) mass is 213 g/mol. The molecule has 0 heterocycles. The Morgan fingerprint density at radius 3 is 2.87 bits per heavy atom. The molecular formula is C9H11NO5. The molecule has 0 saturated heterocycles. The molecule has 1 aromatic carbocycles. The normalized spacial score (nSPS) is 12.4. The molecule has 0 aliphatic carbocycles. The molecule has 1 rings (SSSR count). The molecule has 0 saturated carbocycles. The van der Waals surface area contributed by atoms with Crippen LogP contribution < -0.4 is 0 Å². The van der Waals surface area contributed by atoms with E-state index in [1.54, 1.807) is 13.0 Å². The van der Waals surface area contributed by atoms with E-state index in [0.717, 1.165) is 0 Å². The molecule has 0 aliphatic rings. The second kappa shape index (κ2) is 5.40. The van der Waals surface area contributed by atoms with Crippen LogP contribution in [0.2, 0.25) is 0 Å². The number of ether oxygens (including phenoxy) is 1. The molecule has 0 amide bonds. The zero-order valence-corrected chi connectivity index (χ0v) is 8.12. The van der Waals surface area contributed by atoms with E-state index < -0.39 is 11.2 Å². The van der Waals surface area contributed by atoms with Crippen molar-refractivity contribution in [2.75, 3.05) is 6.61 Å². The van der Waals surface area contributed by atoms with Crippen LogP contribution in [0.4, 0.5) is 5.69 Å². The number of hydrogen-bond acceptors (Lipinski definition) is 5. The van der Waals surface area contributed by atoms with Gasteiger partial charge in [-0.2, -0.15) is 0 Å². The SMILES string of the molecule is CCOC(OO)c1cccc([N+](=O)[O-])c1. The van der Waals surface area contributed by atoms with Crippen LogP contribution in [-0.4, -0.2) is 16.8 Å². The lowest BCUT2D eigenvalue weighted by atomic mass is 10.2. The molecular weight excluding hydrogens is 202 g/mol. The molecule has 6 nitrogen and oxygen atoms in total. The minimum atomic E-state index is -0.991. The van der Waals surface area contributed by atoms with Crippen LogP contribution in [0.1, 0.15) is 18.8 Å². The van der Waals surface area contributed by atoms with Crippen LogP contribution in [0.25, 0.3) is 0 Å². The lowest BCUT2D eigenvalue weighted by Gasteiger charge is -2.12. The number of nitrogens with zero attached hydrogens (tertiary/aromatic N) is 1. The van der Waals surface area contributed by atoms with Crippen molar-refractivity contribution in [3.8, 4) is 0 Å². The standard InChI is InChI=1S/C9H11NO5/c1-2-14-9(15-13)7-4-3-5-8(6-7)10(11)12/h3-6,9,13H,2H2,1H3. The van der Waals surface area contributed by atoms with Gasteiger partial charge < -0.3 is 4.74 Å². The summed E-state index contributed by atoms with van der Waals surface area (Å²) in [5.41, 5.74) is 0.322. The van der Waals surface area contributed by atoms with Crippen molar-refractivity contribution in [2.45, 2.75) is 13.2 Å². The number of nitro groups is 1. The summed E-state index contributed by atoms with van der Waals surface area (Å²) < 4.78 is 5.02.